The van der Waals surface area contributed by atoms with Crippen LogP contribution in [0.3, 0.4) is 0 Å². The normalized spacial score (nSPS) is 38.2. The Hall–Kier alpha value is -0.0800. The van der Waals surface area contributed by atoms with Crippen molar-refractivity contribution in [3.05, 3.63) is 0 Å². The third-order valence-corrected chi connectivity index (χ3v) is 2.88. The second kappa shape index (κ2) is 3.00. The largest absolute Gasteiger partial charge is 0.360 e. The minimum atomic E-state index is -0.153. The highest BCUT2D eigenvalue weighted by molar-refractivity contribution is 4.89. The fourth-order valence-corrected chi connectivity index (χ4v) is 1.27. The Morgan fingerprint density at radius 2 is 2.00 bits per heavy atom. The molecule has 1 heterocycles. The van der Waals surface area contributed by atoms with Gasteiger partial charge in [0.05, 0.1) is 6.61 Å². The van der Waals surface area contributed by atoms with Gasteiger partial charge in [-0.15, -0.1) is 0 Å². The zero-order valence-corrected chi connectivity index (χ0v) is 8.90. The molecule has 1 rings (SSSR count). The van der Waals surface area contributed by atoms with Crippen LogP contribution in [0, 0.1) is 11.3 Å². The molecule has 72 valence electrons. The van der Waals surface area contributed by atoms with Crippen LogP contribution >= 0.6 is 0 Å². The van der Waals surface area contributed by atoms with Gasteiger partial charge in [0.25, 0.3) is 0 Å². The molecule has 1 N–H and O–H groups in total. The summed E-state index contributed by atoms with van der Waals surface area (Å²) >= 11 is 0. The number of rotatable bonds is 0. The van der Waals surface area contributed by atoms with E-state index in [1.807, 2.05) is 0 Å². The highest BCUT2D eigenvalue weighted by Gasteiger charge is 2.40. The molecule has 2 unspecified atom stereocenters. The quantitative estimate of drug-likeness (QED) is 0.602. The molecule has 0 saturated carbocycles. The molecule has 1 fully saturated rings. The monoisotopic (exact) mass is 171 g/mol. The van der Waals surface area contributed by atoms with Gasteiger partial charge in [-0.2, -0.15) is 0 Å². The summed E-state index contributed by atoms with van der Waals surface area (Å²) in [5.41, 5.74) is 0.00660. The zero-order chi connectivity index (χ0) is 9.41. The Kier molecular flexibility index (Phi) is 2.50. The van der Waals surface area contributed by atoms with Gasteiger partial charge >= 0.3 is 0 Å². The van der Waals surface area contributed by atoms with Crippen molar-refractivity contribution in [2.45, 2.75) is 40.3 Å². The highest BCUT2D eigenvalue weighted by Crippen LogP contribution is 2.33. The van der Waals surface area contributed by atoms with Crippen molar-refractivity contribution in [2.75, 3.05) is 13.2 Å². The molecule has 0 bridgehead atoms. The molecule has 2 heteroatoms. The fourth-order valence-electron chi connectivity index (χ4n) is 1.27. The first-order valence-electron chi connectivity index (χ1n) is 4.74. The van der Waals surface area contributed by atoms with Gasteiger partial charge in [-0.05, 0) is 12.8 Å². The van der Waals surface area contributed by atoms with Gasteiger partial charge in [-0.3, -0.25) is 5.32 Å². The maximum Gasteiger partial charge on any atom is 0.121 e. The van der Waals surface area contributed by atoms with Gasteiger partial charge in [0.1, 0.15) is 5.72 Å². The average molecular weight is 171 g/mol. The summed E-state index contributed by atoms with van der Waals surface area (Å²) < 4.78 is 5.83. The van der Waals surface area contributed by atoms with E-state index in [1.165, 1.54) is 0 Å². The lowest BCUT2D eigenvalue weighted by atomic mass is 9.83. The van der Waals surface area contributed by atoms with Gasteiger partial charge in [-0.1, -0.05) is 27.7 Å². The van der Waals surface area contributed by atoms with Gasteiger partial charge < -0.3 is 4.74 Å². The molecule has 12 heavy (non-hydrogen) atoms. The van der Waals surface area contributed by atoms with E-state index < -0.39 is 0 Å². The first-order chi connectivity index (χ1) is 5.35. The molecular formula is C10H21NO. The van der Waals surface area contributed by atoms with E-state index in [0.717, 1.165) is 13.2 Å². The zero-order valence-electron chi connectivity index (χ0n) is 8.90. The maximum absolute atomic E-state index is 5.83. The van der Waals surface area contributed by atoms with Gasteiger partial charge in [0, 0.05) is 12.0 Å². The Labute approximate surface area is 75.7 Å². The molecule has 0 aromatic carbocycles. The minimum Gasteiger partial charge on any atom is -0.360 e. The van der Waals surface area contributed by atoms with E-state index in [-0.39, 0.29) is 11.1 Å². The summed E-state index contributed by atoms with van der Waals surface area (Å²) in [4.78, 5) is 0. The van der Waals surface area contributed by atoms with Crippen molar-refractivity contribution < 1.29 is 4.74 Å². The van der Waals surface area contributed by atoms with Crippen LogP contribution in [-0.4, -0.2) is 18.9 Å². The Morgan fingerprint density at radius 1 is 1.42 bits per heavy atom. The van der Waals surface area contributed by atoms with Crippen molar-refractivity contribution in [3.8, 4) is 0 Å². The van der Waals surface area contributed by atoms with Crippen molar-refractivity contribution in [1.82, 2.24) is 5.32 Å². The second-order valence-corrected chi connectivity index (χ2v) is 5.08. The van der Waals surface area contributed by atoms with Crippen LogP contribution in [0.2, 0.25) is 0 Å². The molecule has 2 atom stereocenters. The summed E-state index contributed by atoms with van der Waals surface area (Å²) in [5.74, 6) is 0.639. The average Bonchev–Trinajstić information content (AvgIpc) is 1.93. The van der Waals surface area contributed by atoms with Crippen molar-refractivity contribution in [3.63, 3.8) is 0 Å². The van der Waals surface area contributed by atoms with Crippen LogP contribution in [0.15, 0.2) is 0 Å². The van der Waals surface area contributed by atoms with Gasteiger partial charge in [0.2, 0.25) is 0 Å². The molecule has 0 aromatic rings. The van der Waals surface area contributed by atoms with Gasteiger partial charge in [0.15, 0.2) is 0 Å². The summed E-state index contributed by atoms with van der Waals surface area (Å²) in [6.07, 6.45) is 0. The van der Waals surface area contributed by atoms with Crippen LogP contribution in [0.1, 0.15) is 34.6 Å². The molecule has 0 radical (unpaired) electrons. The van der Waals surface area contributed by atoms with Gasteiger partial charge in [-0.25, -0.2) is 0 Å². The lowest BCUT2D eigenvalue weighted by Crippen LogP contribution is -2.59. The fraction of sp³-hybridized carbons (Fsp3) is 1.00. The van der Waals surface area contributed by atoms with E-state index in [0.29, 0.717) is 5.92 Å². The van der Waals surface area contributed by atoms with Crippen LogP contribution in [0.5, 0.6) is 0 Å². The van der Waals surface area contributed by atoms with Crippen molar-refractivity contribution >= 4 is 0 Å². The SMILES string of the molecule is CC1CNC(C)(C(C)(C)C)OC1. The molecule has 1 saturated heterocycles. The highest BCUT2D eigenvalue weighted by atomic mass is 16.5. The first-order valence-corrected chi connectivity index (χ1v) is 4.74. The van der Waals surface area contributed by atoms with E-state index >= 15 is 0 Å². The molecule has 0 spiro atoms. The number of hydrogen-bond donors (Lipinski definition) is 1. The molecule has 0 aromatic heterocycles. The van der Waals surface area contributed by atoms with Crippen molar-refractivity contribution in [1.29, 1.82) is 0 Å². The molecule has 1 aliphatic rings. The molecule has 0 aliphatic carbocycles. The summed E-state index contributed by atoms with van der Waals surface area (Å²) in [7, 11) is 0. The standard InChI is InChI=1S/C10H21NO/c1-8-6-11-10(5,12-7-8)9(2,3)4/h8,11H,6-7H2,1-5H3. The van der Waals surface area contributed by atoms with Crippen LogP contribution in [0.25, 0.3) is 0 Å². The molecule has 0 amide bonds. The Balaban J connectivity index is 2.62. The van der Waals surface area contributed by atoms with Crippen LogP contribution < -0.4 is 5.32 Å². The van der Waals surface area contributed by atoms with Crippen LogP contribution in [-0.2, 0) is 4.74 Å². The predicted molar refractivity (Wildman–Crippen MR) is 51.0 cm³/mol. The van der Waals surface area contributed by atoms with E-state index in [2.05, 4.69) is 39.9 Å². The topological polar surface area (TPSA) is 21.3 Å². The Morgan fingerprint density at radius 3 is 2.33 bits per heavy atom. The summed E-state index contributed by atoms with van der Waals surface area (Å²) in [5, 5.41) is 3.46. The van der Waals surface area contributed by atoms with E-state index in [1.54, 1.807) is 0 Å². The molecule has 2 nitrogen and oxygen atoms in total. The lowest BCUT2D eigenvalue weighted by Gasteiger charge is -2.46. The minimum absolute atomic E-state index is 0.153. The van der Waals surface area contributed by atoms with E-state index in [4.69, 9.17) is 4.74 Å². The summed E-state index contributed by atoms with van der Waals surface area (Å²) in [6.45, 7) is 12.9. The third-order valence-electron chi connectivity index (χ3n) is 2.88. The number of nitrogens with one attached hydrogen (secondary N) is 1. The van der Waals surface area contributed by atoms with E-state index in [9.17, 15) is 0 Å². The lowest BCUT2D eigenvalue weighted by molar-refractivity contribution is -0.160. The molecular weight excluding hydrogens is 150 g/mol. The third kappa shape index (κ3) is 1.80. The second-order valence-electron chi connectivity index (χ2n) is 5.08. The number of hydrogen-bond acceptors (Lipinski definition) is 2. The smallest absolute Gasteiger partial charge is 0.121 e. The van der Waals surface area contributed by atoms with Crippen molar-refractivity contribution in [2.24, 2.45) is 11.3 Å². The first kappa shape index (κ1) is 10.0. The Bertz CT molecular complexity index is 152. The maximum atomic E-state index is 5.83. The summed E-state index contributed by atoms with van der Waals surface area (Å²) in [6, 6.07) is 0. The molecule has 1 aliphatic heterocycles. The predicted octanol–water partition coefficient (Wildman–Crippen LogP) is 2.00. The number of ether oxygens (including phenoxy) is 1. The van der Waals surface area contributed by atoms with Crippen LogP contribution in [0.4, 0.5) is 0 Å².